The molecule has 2 aromatic heterocycles. The van der Waals surface area contributed by atoms with Gasteiger partial charge >= 0.3 is 0 Å². The first kappa shape index (κ1) is 22.2. The first-order chi connectivity index (χ1) is 18.1. The van der Waals surface area contributed by atoms with E-state index in [0.717, 1.165) is 33.5 Å². The maximum absolute atomic E-state index is 13.0. The van der Waals surface area contributed by atoms with Crippen molar-refractivity contribution in [1.29, 1.82) is 0 Å². The number of aromatic nitrogens is 4. The number of fused-ring (bicyclic) bond motifs is 2. The highest BCUT2D eigenvalue weighted by Crippen LogP contribution is 2.19. The first-order valence-electron chi connectivity index (χ1n) is 11.8. The Labute approximate surface area is 211 Å². The minimum Gasteiger partial charge on any atom is -0.345 e. The molecule has 0 atom stereocenters. The van der Waals surface area contributed by atoms with Gasteiger partial charge in [-0.3, -0.25) is 9.59 Å². The Balaban J connectivity index is 1.14. The van der Waals surface area contributed by atoms with Crippen LogP contribution in [-0.2, 0) is 6.42 Å². The lowest BCUT2D eigenvalue weighted by Gasteiger charge is -2.10. The molecular formula is C29H22N6O2. The zero-order valence-electron chi connectivity index (χ0n) is 19.7. The van der Waals surface area contributed by atoms with E-state index in [-0.39, 0.29) is 11.8 Å². The van der Waals surface area contributed by atoms with Crippen molar-refractivity contribution in [2.24, 2.45) is 0 Å². The van der Waals surface area contributed by atoms with E-state index in [9.17, 15) is 9.59 Å². The number of imidazole rings is 2. The fourth-order valence-electron chi connectivity index (χ4n) is 4.26. The largest absolute Gasteiger partial charge is 0.345 e. The monoisotopic (exact) mass is 486 g/mol. The Morgan fingerprint density at radius 2 is 1.46 bits per heavy atom. The second kappa shape index (κ2) is 9.43. The summed E-state index contributed by atoms with van der Waals surface area (Å²) in [5.74, 6) is 0.322. The van der Waals surface area contributed by atoms with Crippen LogP contribution in [0, 0.1) is 0 Å². The first-order valence-corrected chi connectivity index (χ1v) is 11.8. The lowest BCUT2D eigenvalue weighted by atomic mass is 10.1. The average molecular weight is 487 g/mol. The fraction of sp³-hybridized carbons (Fsp3) is 0.0345. The Morgan fingerprint density at radius 1 is 0.703 bits per heavy atom. The van der Waals surface area contributed by atoms with E-state index in [4.69, 9.17) is 0 Å². The van der Waals surface area contributed by atoms with Gasteiger partial charge in [0.1, 0.15) is 5.82 Å². The Bertz CT molecular complexity index is 1730. The molecule has 2 amide bonds. The van der Waals surface area contributed by atoms with Crippen LogP contribution >= 0.6 is 0 Å². The van der Waals surface area contributed by atoms with E-state index in [1.165, 1.54) is 0 Å². The van der Waals surface area contributed by atoms with Gasteiger partial charge in [0.15, 0.2) is 0 Å². The smallest absolute Gasteiger partial charge is 0.255 e. The predicted octanol–water partition coefficient (Wildman–Crippen LogP) is 5.53. The van der Waals surface area contributed by atoms with Crippen LogP contribution in [0.5, 0.6) is 0 Å². The van der Waals surface area contributed by atoms with E-state index in [0.29, 0.717) is 28.9 Å². The zero-order chi connectivity index (χ0) is 25.2. The van der Waals surface area contributed by atoms with Crippen molar-refractivity contribution in [3.8, 4) is 0 Å². The second-order valence-corrected chi connectivity index (χ2v) is 8.70. The lowest BCUT2D eigenvalue weighted by molar-refractivity contribution is 0.101. The maximum Gasteiger partial charge on any atom is 0.255 e. The number of nitrogens with one attached hydrogen (secondary N) is 4. The van der Waals surface area contributed by atoms with Crippen LogP contribution in [-0.4, -0.2) is 31.8 Å². The van der Waals surface area contributed by atoms with Crippen molar-refractivity contribution < 1.29 is 9.59 Å². The molecule has 6 rings (SSSR count). The average Bonchev–Trinajstić information content (AvgIpc) is 3.55. The van der Waals surface area contributed by atoms with Crippen LogP contribution in [0.25, 0.3) is 22.1 Å². The quantitative estimate of drug-likeness (QED) is 0.248. The molecule has 0 aliphatic rings. The van der Waals surface area contributed by atoms with Crippen LogP contribution in [0.3, 0.4) is 0 Å². The number of H-pyrrole nitrogens is 2. The van der Waals surface area contributed by atoms with Crippen LogP contribution in [0.1, 0.15) is 32.1 Å². The molecule has 0 unspecified atom stereocenters. The Hall–Kier alpha value is -5.24. The van der Waals surface area contributed by atoms with E-state index in [2.05, 4.69) is 30.6 Å². The van der Waals surface area contributed by atoms with Crippen LogP contribution in [0.15, 0.2) is 97.3 Å². The molecule has 0 fully saturated rings. The second-order valence-electron chi connectivity index (χ2n) is 8.70. The Kier molecular flexibility index (Phi) is 5.67. The molecule has 2 heterocycles. The number of rotatable bonds is 6. The number of carbonyl (C=O) groups excluding carboxylic acids is 2. The van der Waals surface area contributed by atoms with Gasteiger partial charge in [0.05, 0.1) is 28.4 Å². The minimum absolute atomic E-state index is 0.268. The summed E-state index contributed by atoms with van der Waals surface area (Å²) >= 11 is 0. The number of hydrogen-bond acceptors (Lipinski definition) is 4. The van der Waals surface area contributed by atoms with E-state index >= 15 is 0 Å². The third kappa shape index (κ3) is 4.81. The van der Waals surface area contributed by atoms with Gasteiger partial charge in [-0.1, -0.05) is 30.3 Å². The predicted molar refractivity (Wildman–Crippen MR) is 144 cm³/mol. The number of anilines is 2. The molecule has 0 aliphatic heterocycles. The summed E-state index contributed by atoms with van der Waals surface area (Å²) in [6.45, 7) is 0. The van der Waals surface area contributed by atoms with Crippen LogP contribution in [0.2, 0.25) is 0 Å². The number of hydrogen-bond donors (Lipinski definition) is 4. The highest BCUT2D eigenvalue weighted by Gasteiger charge is 2.12. The molecular weight excluding hydrogens is 464 g/mol. The molecule has 8 heteroatoms. The number of aromatic amines is 2. The number of amides is 2. The maximum atomic E-state index is 13.0. The van der Waals surface area contributed by atoms with Crippen LogP contribution in [0.4, 0.5) is 11.4 Å². The van der Waals surface area contributed by atoms with Crippen molar-refractivity contribution in [3.05, 3.63) is 120 Å². The molecule has 0 aliphatic carbocycles. The van der Waals surface area contributed by atoms with Crippen molar-refractivity contribution in [1.82, 2.24) is 19.9 Å². The third-order valence-corrected chi connectivity index (χ3v) is 6.06. The fourth-order valence-corrected chi connectivity index (χ4v) is 4.26. The van der Waals surface area contributed by atoms with Crippen molar-refractivity contribution in [3.63, 3.8) is 0 Å². The zero-order valence-corrected chi connectivity index (χ0v) is 19.7. The summed E-state index contributed by atoms with van der Waals surface area (Å²) in [7, 11) is 0. The van der Waals surface area contributed by atoms with Gasteiger partial charge in [-0.05, 0) is 66.2 Å². The minimum atomic E-state index is -0.271. The summed E-state index contributed by atoms with van der Waals surface area (Å²) < 4.78 is 0. The number of para-hydroxylation sites is 2. The summed E-state index contributed by atoms with van der Waals surface area (Å²) in [6, 6.07) is 27.7. The topological polar surface area (TPSA) is 116 Å². The van der Waals surface area contributed by atoms with Gasteiger partial charge in [-0.15, -0.1) is 0 Å². The molecule has 37 heavy (non-hydrogen) atoms. The van der Waals surface area contributed by atoms with E-state index in [1.54, 1.807) is 48.8 Å². The molecule has 4 aromatic carbocycles. The molecule has 0 radical (unpaired) electrons. The molecule has 0 saturated heterocycles. The molecule has 0 spiro atoms. The molecule has 180 valence electrons. The highest BCUT2D eigenvalue weighted by molar-refractivity contribution is 6.08. The van der Waals surface area contributed by atoms with Gasteiger partial charge in [0.25, 0.3) is 11.8 Å². The third-order valence-electron chi connectivity index (χ3n) is 6.06. The van der Waals surface area contributed by atoms with E-state index < -0.39 is 0 Å². The summed E-state index contributed by atoms with van der Waals surface area (Å²) in [5, 5.41) is 5.80. The normalized spacial score (nSPS) is 11.0. The van der Waals surface area contributed by atoms with Gasteiger partial charge in [-0.25, -0.2) is 9.97 Å². The molecule has 6 aromatic rings. The number of carbonyl (C=O) groups is 2. The highest BCUT2D eigenvalue weighted by atomic mass is 16.2. The number of nitrogens with zero attached hydrogens (tertiary/aromatic N) is 2. The SMILES string of the molecule is O=C(Nc1cccc(Cc2nc3ccccc3[nH]2)c1)c1cccc(NC(=O)c2ccc3nc[nH]c3c2)c1. The number of benzene rings is 4. The van der Waals surface area contributed by atoms with Crippen LogP contribution < -0.4 is 10.6 Å². The van der Waals surface area contributed by atoms with Gasteiger partial charge in [-0.2, -0.15) is 0 Å². The lowest BCUT2D eigenvalue weighted by Crippen LogP contribution is -2.14. The summed E-state index contributed by atoms with van der Waals surface area (Å²) in [6.07, 6.45) is 2.20. The molecule has 8 nitrogen and oxygen atoms in total. The van der Waals surface area contributed by atoms with Crippen molar-refractivity contribution in [2.45, 2.75) is 6.42 Å². The molecule has 4 N–H and O–H groups in total. The van der Waals surface area contributed by atoms with Gasteiger partial charge in [0, 0.05) is 28.9 Å². The van der Waals surface area contributed by atoms with E-state index in [1.807, 2.05) is 48.5 Å². The molecule has 0 bridgehead atoms. The van der Waals surface area contributed by atoms with Gasteiger partial charge in [0.2, 0.25) is 0 Å². The Morgan fingerprint density at radius 3 is 2.30 bits per heavy atom. The standard InChI is InChI=1S/C29H22N6O2/c36-28(32-21-7-3-5-18(13-21)14-27-34-24-9-1-2-10-25(24)35-27)19-6-4-8-22(15-19)33-29(37)20-11-12-23-26(16-20)31-17-30-23/h1-13,15-17H,14H2,(H,30,31)(H,32,36)(H,33,37)(H,34,35). The molecule has 0 saturated carbocycles. The van der Waals surface area contributed by atoms with Crippen molar-refractivity contribution in [2.75, 3.05) is 10.6 Å². The summed E-state index contributed by atoms with van der Waals surface area (Å²) in [5.41, 5.74) is 6.65. The summed E-state index contributed by atoms with van der Waals surface area (Å²) in [4.78, 5) is 40.8. The van der Waals surface area contributed by atoms with Gasteiger partial charge < -0.3 is 20.6 Å². The van der Waals surface area contributed by atoms with Crippen molar-refractivity contribution >= 4 is 45.3 Å².